The predicted molar refractivity (Wildman–Crippen MR) is 81.3 cm³/mol. The van der Waals surface area contributed by atoms with Crippen molar-refractivity contribution in [3.8, 4) is 17.0 Å². The van der Waals surface area contributed by atoms with Gasteiger partial charge in [0.05, 0.1) is 0 Å². The molecule has 0 aliphatic heterocycles. The number of methoxy groups -OCH3 is 1. The molecule has 2 rings (SSSR count). The fraction of sp³-hybridized carbons (Fsp3) is 0.375. The number of aromatic nitrogens is 2. The van der Waals surface area contributed by atoms with Crippen LogP contribution in [0.1, 0.15) is 31.7 Å². The SMILES string of the molecule is CCC(C)(OC)c1nc(O)c(-c2cccc(C)c2)c(=O)[nH]1. The first-order valence-electron chi connectivity index (χ1n) is 6.87. The van der Waals surface area contributed by atoms with Gasteiger partial charge in [-0.05, 0) is 25.8 Å². The van der Waals surface area contributed by atoms with E-state index in [1.165, 1.54) is 0 Å². The smallest absolute Gasteiger partial charge is 0.262 e. The zero-order chi connectivity index (χ0) is 15.6. The molecule has 0 saturated carbocycles. The van der Waals surface area contributed by atoms with E-state index >= 15 is 0 Å². The van der Waals surface area contributed by atoms with E-state index < -0.39 is 5.60 Å². The summed E-state index contributed by atoms with van der Waals surface area (Å²) in [6.45, 7) is 5.67. The van der Waals surface area contributed by atoms with Crippen LogP contribution in [0.2, 0.25) is 0 Å². The molecule has 1 atom stereocenters. The third-order valence-electron chi connectivity index (χ3n) is 3.83. The number of rotatable bonds is 4. The number of benzene rings is 1. The van der Waals surface area contributed by atoms with E-state index in [1.807, 2.05) is 39.0 Å². The Hall–Kier alpha value is -2.14. The van der Waals surface area contributed by atoms with Crippen molar-refractivity contribution in [3.05, 3.63) is 46.0 Å². The Bertz CT molecular complexity index is 703. The highest BCUT2D eigenvalue weighted by Crippen LogP contribution is 2.29. The van der Waals surface area contributed by atoms with Gasteiger partial charge in [0.1, 0.15) is 17.0 Å². The van der Waals surface area contributed by atoms with Gasteiger partial charge in [0.15, 0.2) is 0 Å². The highest BCUT2D eigenvalue weighted by Gasteiger charge is 2.28. The van der Waals surface area contributed by atoms with E-state index in [0.717, 1.165) is 5.56 Å². The van der Waals surface area contributed by atoms with Gasteiger partial charge in [0.25, 0.3) is 5.56 Å². The number of aryl methyl sites for hydroxylation is 1. The maximum absolute atomic E-state index is 12.3. The maximum atomic E-state index is 12.3. The molecular weight excluding hydrogens is 268 g/mol. The van der Waals surface area contributed by atoms with Gasteiger partial charge in [0, 0.05) is 7.11 Å². The monoisotopic (exact) mass is 288 g/mol. The first-order chi connectivity index (χ1) is 9.91. The molecule has 112 valence electrons. The molecule has 5 nitrogen and oxygen atoms in total. The second-order valence-corrected chi connectivity index (χ2v) is 5.27. The summed E-state index contributed by atoms with van der Waals surface area (Å²) in [4.78, 5) is 19.2. The van der Waals surface area contributed by atoms with Crippen LogP contribution in [0, 0.1) is 6.92 Å². The molecule has 0 saturated heterocycles. The number of nitrogens with zero attached hydrogens (tertiary/aromatic N) is 1. The second-order valence-electron chi connectivity index (χ2n) is 5.27. The number of hydrogen-bond acceptors (Lipinski definition) is 4. The maximum Gasteiger partial charge on any atom is 0.262 e. The molecule has 1 aromatic heterocycles. The molecule has 0 bridgehead atoms. The van der Waals surface area contributed by atoms with Crippen LogP contribution in [-0.2, 0) is 10.3 Å². The summed E-state index contributed by atoms with van der Waals surface area (Å²) in [6.07, 6.45) is 0.621. The van der Waals surface area contributed by atoms with E-state index in [0.29, 0.717) is 17.8 Å². The molecule has 0 spiro atoms. The van der Waals surface area contributed by atoms with E-state index in [9.17, 15) is 9.90 Å². The first kappa shape index (κ1) is 15.3. The number of ether oxygens (including phenoxy) is 1. The quantitative estimate of drug-likeness (QED) is 0.907. The lowest BCUT2D eigenvalue weighted by Gasteiger charge is -2.25. The van der Waals surface area contributed by atoms with Gasteiger partial charge in [-0.2, -0.15) is 4.98 Å². The van der Waals surface area contributed by atoms with Crippen LogP contribution in [0.15, 0.2) is 29.1 Å². The van der Waals surface area contributed by atoms with Crippen molar-refractivity contribution in [2.75, 3.05) is 7.11 Å². The highest BCUT2D eigenvalue weighted by atomic mass is 16.5. The van der Waals surface area contributed by atoms with Crippen LogP contribution in [0.5, 0.6) is 5.88 Å². The van der Waals surface area contributed by atoms with Crippen LogP contribution in [0.25, 0.3) is 11.1 Å². The Morgan fingerprint density at radius 2 is 2.14 bits per heavy atom. The summed E-state index contributed by atoms with van der Waals surface area (Å²) in [5.41, 5.74) is 0.716. The van der Waals surface area contributed by atoms with Crippen LogP contribution in [-0.4, -0.2) is 22.2 Å². The van der Waals surface area contributed by atoms with Crippen molar-refractivity contribution in [3.63, 3.8) is 0 Å². The molecule has 0 fully saturated rings. The van der Waals surface area contributed by atoms with Crippen molar-refractivity contribution in [2.45, 2.75) is 32.8 Å². The fourth-order valence-corrected chi connectivity index (χ4v) is 2.18. The lowest BCUT2D eigenvalue weighted by molar-refractivity contribution is -0.00956. The Kier molecular flexibility index (Phi) is 4.14. The van der Waals surface area contributed by atoms with Crippen molar-refractivity contribution >= 4 is 0 Å². The Morgan fingerprint density at radius 1 is 1.43 bits per heavy atom. The molecule has 0 aliphatic rings. The predicted octanol–water partition coefficient (Wildman–Crippen LogP) is 2.72. The minimum atomic E-state index is -0.734. The van der Waals surface area contributed by atoms with Crippen molar-refractivity contribution in [1.29, 1.82) is 0 Å². The van der Waals surface area contributed by atoms with Crippen molar-refractivity contribution in [1.82, 2.24) is 9.97 Å². The number of aromatic amines is 1. The minimum Gasteiger partial charge on any atom is -0.493 e. The van der Waals surface area contributed by atoms with Gasteiger partial charge in [-0.15, -0.1) is 0 Å². The summed E-state index contributed by atoms with van der Waals surface area (Å²) in [5.74, 6) is 0.0440. The third-order valence-corrected chi connectivity index (χ3v) is 3.83. The molecular formula is C16H20N2O3. The molecule has 1 heterocycles. The molecule has 1 unspecified atom stereocenters. The summed E-state index contributed by atoms with van der Waals surface area (Å²) in [6, 6.07) is 7.37. The number of hydrogen-bond donors (Lipinski definition) is 2. The van der Waals surface area contributed by atoms with Crippen molar-refractivity contribution < 1.29 is 9.84 Å². The molecule has 0 radical (unpaired) electrons. The number of nitrogens with one attached hydrogen (secondary N) is 1. The lowest BCUT2D eigenvalue weighted by atomic mass is 10.0. The molecule has 1 aromatic carbocycles. The Labute approximate surface area is 123 Å². The van der Waals surface area contributed by atoms with E-state index in [2.05, 4.69) is 9.97 Å². The highest BCUT2D eigenvalue weighted by molar-refractivity contribution is 5.67. The third kappa shape index (κ3) is 2.83. The van der Waals surface area contributed by atoms with E-state index in [-0.39, 0.29) is 17.0 Å². The van der Waals surface area contributed by atoms with Crippen LogP contribution >= 0.6 is 0 Å². The van der Waals surface area contributed by atoms with Crippen molar-refractivity contribution in [2.24, 2.45) is 0 Å². The fourth-order valence-electron chi connectivity index (χ4n) is 2.18. The molecule has 0 aliphatic carbocycles. The normalized spacial score (nSPS) is 13.9. The molecule has 5 heteroatoms. The lowest BCUT2D eigenvalue weighted by Crippen LogP contribution is -2.29. The topological polar surface area (TPSA) is 75.2 Å². The summed E-state index contributed by atoms with van der Waals surface area (Å²) in [5, 5.41) is 10.2. The number of aromatic hydroxyl groups is 1. The zero-order valence-corrected chi connectivity index (χ0v) is 12.7. The van der Waals surface area contributed by atoms with Gasteiger partial charge in [-0.25, -0.2) is 0 Å². The van der Waals surface area contributed by atoms with Gasteiger partial charge >= 0.3 is 0 Å². The Morgan fingerprint density at radius 3 is 2.67 bits per heavy atom. The minimum absolute atomic E-state index is 0.178. The molecule has 0 amide bonds. The summed E-state index contributed by atoms with van der Waals surface area (Å²) < 4.78 is 5.40. The van der Waals surface area contributed by atoms with Gasteiger partial charge in [-0.3, -0.25) is 4.79 Å². The first-order valence-corrected chi connectivity index (χ1v) is 6.87. The second kappa shape index (κ2) is 5.69. The average Bonchev–Trinajstić information content (AvgIpc) is 2.45. The molecule has 2 aromatic rings. The zero-order valence-electron chi connectivity index (χ0n) is 12.7. The summed E-state index contributed by atoms with van der Waals surface area (Å²) >= 11 is 0. The largest absolute Gasteiger partial charge is 0.493 e. The van der Waals surface area contributed by atoms with Crippen LogP contribution in [0.3, 0.4) is 0 Å². The van der Waals surface area contributed by atoms with E-state index in [4.69, 9.17) is 4.74 Å². The molecule has 21 heavy (non-hydrogen) atoms. The number of H-pyrrole nitrogens is 1. The standard InChI is InChI=1S/C16H20N2O3/c1-5-16(3,21-4)15-17-13(19)12(14(20)18-15)11-8-6-7-10(2)9-11/h6-9H,5H2,1-4H3,(H2,17,18,19,20). The van der Waals surface area contributed by atoms with Gasteiger partial charge in [-0.1, -0.05) is 36.8 Å². The van der Waals surface area contributed by atoms with Gasteiger partial charge in [0.2, 0.25) is 5.88 Å². The van der Waals surface area contributed by atoms with Gasteiger partial charge < -0.3 is 14.8 Å². The summed E-state index contributed by atoms with van der Waals surface area (Å²) in [7, 11) is 1.55. The average molecular weight is 288 g/mol. The van der Waals surface area contributed by atoms with Crippen LogP contribution < -0.4 is 5.56 Å². The van der Waals surface area contributed by atoms with Crippen LogP contribution in [0.4, 0.5) is 0 Å². The molecule has 2 N–H and O–H groups in total. The van der Waals surface area contributed by atoms with E-state index in [1.54, 1.807) is 13.2 Å². The Balaban J connectivity index is 2.61.